The van der Waals surface area contributed by atoms with Crippen molar-refractivity contribution in [2.24, 2.45) is 0 Å². The number of phenols is 1. The lowest BCUT2D eigenvalue weighted by atomic mass is 10.2. The third kappa shape index (κ3) is 5.27. The van der Waals surface area contributed by atoms with Gasteiger partial charge in [0.25, 0.3) is 0 Å². The number of aromatic hydroxyl groups is 1. The van der Waals surface area contributed by atoms with Crippen molar-refractivity contribution >= 4 is 21.7 Å². The van der Waals surface area contributed by atoms with Gasteiger partial charge in [-0.25, -0.2) is 13.2 Å². The molecule has 1 rings (SSSR count). The summed E-state index contributed by atoms with van der Waals surface area (Å²) in [6.45, 7) is 1.11. The first-order chi connectivity index (χ1) is 9.19. The van der Waals surface area contributed by atoms with E-state index in [4.69, 9.17) is 5.11 Å². The summed E-state index contributed by atoms with van der Waals surface area (Å²) in [5.41, 5.74) is 0.344. The summed E-state index contributed by atoms with van der Waals surface area (Å²) in [5, 5.41) is 20.2. The van der Waals surface area contributed by atoms with Gasteiger partial charge in [-0.15, -0.1) is 0 Å². The predicted molar refractivity (Wildman–Crippen MR) is 70.8 cm³/mol. The number of sulfone groups is 1. The topological polar surface area (TPSA) is 121 Å². The van der Waals surface area contributed by atoms with Gasteiger partial charge in [0.15, 0.2) is 9.84 Å². The fourth-order valence-electron chi connectivity index (χ4n) is 1.63. The molecular weight excluding hydrogens is 286 g/mol. The van der Waals surface area contributed by atoms with Gasteiger partial charge in [0.1, 0.15) is 11.8 Å². The number of carboxylic acid groups (broad SMARTS) is 1. The van der Waals surface area contributed by atoms with Gasteiger partial charge in [-0.05, 0) is 17.7 Å². The number of hydrogen-bond donors (Lipinski definition) is 3. The molecule has 1 amide bonds. The van der Waals surface area contributed by atoms with Crippen LogP contribution in [0, 0.1) is 0 Å². The van der Waals surface area contributed by atoms with Crippen LogP contribution in [0.4, 0.5) is 0 Å². The van der Waals surface area contributed by atoms with Gasteiger partial charge in [-0.1, -0.05) is 12.1 Å². The Morgan fingerprint density at radius 3 is 2.50 bits per heavy atom. The number of aliphatic carboxylic acids is 1. The highest BCUT2D eigenvalue weighted by Crippen LogP contribution is 2.14. The Balaban J connectivity index is 2.82. The van der Waals surface area contributed by atoms with Crippen molar-refractivity contribution in [2.45, 2.75) is 18.7 Å². The first-order valence-corrected chi connectivity index (χ1v) is 7.50. The fraction of sp³-hybridized carbons (Fsp3) is 0.333. The molecule has 1 aromatic carbocycles. The van der Waals surface area contributed by atoms with Crippen LogP contribution in [0.25, 0.3) is 0 Å². The average molecular weight is 301 g/mol. The zero-order chi connectivity index (χ0) is 15.3. The maximum atomic E-state index is 11.9. The molecule has 0 aromatic heterocycles. The summed E-state index contributed by atoms with van der Waals surface area (Å²) < 4.78 is 23.8. The molecule has 8 heteroatoms. The Labute approximate surface area is 116 Å². The Hall–Kier alpha value is -2.09. The summed E-state index contributed by atoms with van der Waals surface area (Å²) in [4.78, 5) is 21.7. The molecule has 0 aliphatic heterocycles. The third-order valence-electron chi connectivity index (χ3n) is 2.39. The third-order valence-corrected chi connectivity index (χ3v) is 4.01. The zero-order valence-corrected chi connectivity index (χ0v) is 11.6. The van der Waals surface area contributed by atoms with Crippen LogP contribution in [-0.4, -0.2) is 42.3 Å². The molecule has 7 nitrogen and oxygen atoms in total. The molecule has 0 radical (unpaired) electrons. The largest absolute Gasteiger partial charge is 0.508 e. The number of carboxylic acids is 1. The summed E-state index contributed by atoms with van der Waals surface area (Å²) in [5.74, 6) is -3.23. The van der Waals surface area contributed by atoms with E-state index >= 15 is 0 Å². The minimum atomic E-state index is -3.75. The summed E-state index contributed by atoms with van der Waals surface area (Å²) >= 11 is 0. The van der Waals surface area contributed by atoms with Crippen LogP contribution in [-0.2, 0) is 25.2 Å². The number of carbonyl (C=O) groups excluding carboxylic acids is 1. The van der Waals surface area contributed by atoms with Gasteiger partial charge in [-0.2, -0.15) is 0 Å². The maximum Gasteiger partial charge on any atom is 0.327 e. The standard InChI is InChI=1S/C12H15NO6S/c1-8(14)13-11(12(16)17)7-20(18,19)6-9-3-2-4-10(15)5-9/h2-5,11,15H,6-7H2,1H3,(H,13,14)(H,16,17). The van der Waals surface area contributed by atoms with E-state index in [9.17, 15) is 23.1 Å². The first-order valence-electron chi connectivity index (χ1n) is 5.68. The van der Waals surface area contributed by atoms with Crippen LogP contribution in [0.3, 0.4) is 0 Å². The number of carbonyl (C=O) groups is 2. The van der Waals surface area contributed by atoms with Crippen LogP contribution in [0.1, 0.15) is 12.5 Å². The van der Waals surface area contributed by atoms with Gasteiger partial charge < -0.3 is 15.5 Å². The second kappa shape index (κ2) is 6.38. The molecule has 0 aliphatic rings. The van der Waals surface area contributed by atoms with Crippen molar-refractivity contribution in [1.82, 2.24) is 5.32 Å². The van der Waals surface area contributed by atoms with Crippen molar-refractivity contribution in [3.05, 3.63) is 29.8 Å². The number of amides is 1. The summed E-state index contributed by atoms with van der Waals surface area (Å²) in [6, 6.07) is 4.18. The van der Waals surface area contributed by atoms with Crippen molar-refractivity contribution in [1.29, 1.82) is 0 Å². The molecule has 110 valence electrons. The van der Waals surface area contributed by atoms with Crippen molar-refractivity contribution in [3.8, 4) is 5.75 Å². The monoisotopic (exact) mass is 301 g/mol. The Kier molecular flexibility index (Phi) is 5.09. The minimum Gasteiger partial charge on any atom is -0.508 e. The van der Waals surface area contributed by atoms with E-state index in [0.717, 1.165) is 6.92 Å². The number of phenolic OH excluding ortho intramolecular Hbond substituents is 1. The van der Waals surface area contributed by atoms with Gasteiger partial charge in [0, 0.05) is 6.92 Å². The Morgan fingerprint density at radius 1 is 1.35 bits per heavy atom. The van der Waals surface area contributed by atoms with E-state index in [0.29, 0.717) is 5.56 Å². The van der Waals surface area contributed by atoms with Crippen molar-refractivity contribution in [3.63, 3.8) is 0 Å². The predicted octanol–water partition coefficient (Wildman–Crippen LogP) is -0.104. The molecular formula is C12H15NO6S. The molecule has 1 unspecified atom stereocenters. The van der Waals surface area contributed by atoms with E-state index in [1.807, 2.05) is 0 Å². The van der Waals surface area contributed by atoms with Crippen LogP contribution in [0.2, 0.25) is 0 Å². The van der Waals surface area contributed by atoms with Gasteiger partial charge >= 0.3 is 5.97 Å². The summed E-state index contributed by atoms with van der Waals surface area (Å²) in [6.07, 6.45) is 0. The normalized spacial score (nSPS) is 12.7. The zero-order valence-electron chi connectivity index (χ0n) is 10.7. The molecule has 1 aromatic rings. The smallest absolute Gasteiger partial charge is 0.327 e. The van der Waals surface area contributed by atoms with Crippen molar-refractivity contribution < 1.29 is 28.2 Å². The highest BCUT2D eigenvalue weighted by molar-refractivity contribution is 7.90. The van der Waals surface area contributed by atoms with E-state index < -0.39 is 39.3 Å². The molecule has 0 fully saturated rings. The van der Waals surface area contributed by atoms with E-state index in [2.05, 4.69) is 5.32 Å². The Bertz CT molecular complexity index is 610. The SMILES string of the molecule is CC(=O)NC(CS(=O)(=O)Cc1cccc(O)c1)C(=O)O. The number of rotatable bonds is 6. The molecule has 0 saturated heterocycles. The quantitative estimate of drug-likeness (QED) is 0.674. The average Bonchev–Trinajstić information content (AvgIpc) is 2.26. The second-order valence-electron chi connectivity index (χ2n) is 4.32. The summed E-state index contributed by atoms with van der Waals surface area (Å²) in [7, 11) is -3.75. The van der Waals surface area contributed by atoms with Gasteiger partial charge in [0.2, 0.25) is 5.91 Å². The van der Waals surface area contributed by atoms with Crippen LogP contribution >= 0.6 is 0 Å². The molecule has 0 spiro atoms. The number of hydrogen-bond acceptors (Lipinski definition) is 5. The van der Waals surface area contributed by atoms with Gasteiger partial charge in [0.05, 0.1) is 11.5 Å². The van der Waals surface area contributed by atoms with Crippen molar-refractivity contribution in [2.75, 3.05) is 5.75 Å². The Morgan fingerprint density at radius 2 is 2.00 bits per heavy atom. The lowest BCUT2D eigenvalue weighted by molar-refractivity contribution is -0.140. The molecule has 20 heavy (non-hydrogen) atoms. The fourth-order valence-corrected chi connectivity index (χ4v) is 3.17. The molecule has 0 saturated carbocycles. The maximum absolute atomic E-state index is 11.9. The molecule has 0 aliphatic carbocycles. The lowest BCUT2D eigenvalue weighted by Gasteiger charge is -2.13. The van der Waals surface area contributed by atoms with E-state index in [1.54, 1.807) is 0 Å². The van der Waals surface area contributed by atoms with Gasteiger partial charge in [-0.3, -0.25) is 4.79 Å². The number of benzene rings is 1. The lowest BCUT2D eigenvalue weighted by Crippen LogP contribution is -2.44. The highest BCUT2D eigenvalue weighted by Gasteiger charge is 2.26. The first kappa shape index (κ1) is 16.0. The van der Waals surface area contributed by atoms with E-state index in [-0.39, 0.29) is 5.75 Å². The number of nitrogens with one attached hydrogen (secondary N) is 1. The second-order valence-corrected chi connectivity index (χ2v) is 6.42. The molecule has 3 N–H and O–H groups in total. The highest BCUT2D eigenvalue weighted by atomic mass is 32.2. The van der Waals surface area contributed by atoms with Crippen LogP contribution in [0.5, 0.6) is 5.75 Å². The van der Waals surface area contributed by atoms with E-state index in [1.165, 1.54) is 24.3 Å². The van der Waals surface area contributed by atoms with Crippen LogP contribution in [0.15, 0.2) is 24.3 Å². The minimum absolute atomic E-state index is 0.0747. The molecule has 0 bridgehead atoms. The molecule has 1 atom stereocenters. The van der Waals surface area contributed by atoms with Crippen LogP contribution < -0.4 is 5.32 Å². The molecule has 0 heterocycles.